The molecule has 0 radical (unpaired) electrons. The molecule has 0 bridgehead atoms. The van der Waals surface area contributed by atoms with Crippen LogP contribution in [-0.2, 0) is 15.5 Å². The third-order valence-electron chi connectivity index (χ3n) is 4.03. The zero-order valence-electron chi connectivity index (χ0n) is 17.2. The van der Waals surface area contributed by atoms with Gasteiger partial charge in [-0.05, 0) is 25.7 Å². The van der Waals surface area contributed by atoms with Crippen LogP contribution in [0.1, 0.15) is 70.3 Å². The summed E-state index contributed by atoms with van der Waals surface area (Å²) in [5.74, 6) is -0.886. The van der Waals surface area contributed by atoms with E-state index in [2.05, 4.69) is 19.6 Å². The van der Waals surface area contributed by atoms with Gasteiger partial charge in [-0.2, -0.15) is 0 Å². The lowest BCUT2D eigenvalue weighted by atomic mass is 9.96. The number of nitrogens with two attached hydrogens (primary N) is 1. The minimum Gasteiger partial charge on any atom is -0.384 e. The number of aliphatic hydroxyl groups is 1. The van der Waals surface area contributed by atoms with Gasteiger partial charge in [0.2, 0.25) is 4.34 Å². The molecule has 4 N–H and O–H groups in total. The number of nitrogens with zero attached hydrogens (tertiary/aromatic N) is 3. The van der Waals surface area contributed by atoms with Crippen molar-refractivity contribution >= 4 is 33.0 Å². The number of hydrogen-bond donors (Lipinski definition) is 3. The van der Waals surface area contributed by atoms with Crippen molar-refractivity contribution in [2.45, 2.75) is 63.3 Å². The molecule has 160 valence electrons. The quantitative estimate of drug-likeness (QED) is 0.641. The highest BCUT2D eigenvalue weighted by molar-refractivity contribution is 7.93. The molecular formula is C18H26FN5O3S2. The number of thiazole rings is 1. The van der Waals surface area contributed by atoms with Gasteiger partial charge in [-0.1, -0.05) is 27.7 Å². The largest absolute Gasteiger partial charge is 0.384 e. The van der Waals surface area contributed by atoms with E-state index in [0.717, 1.165) is 17.5 Å². The molecule has 0 aliphatic rings. The molecule has 0 aliphatic carbocycles. The molecule has 0 aromatic carbocycles. The third-order valence-corrected chi connectivity index (χ3v) is 6.70. The van der Waals surface area contributed by atoms with Crippen LogP contribution in [0.3, 0.4) is 0 Å². The number of anilines is 1. The van der Waals surface area contributed by atoms with E-state index in [1.54, 1.807) is 13.8 Å². The van der Waals surface area contributed by atoms with E-state index in [-0.39, 0.29) is 33.1 Å². The average Bonchev–Trinajstić information content (AvgIpc) is 3.04. The minimum atomic E-state index is -3.65. The zero-order valence-corrected chi connectivity index (χ0v) is 18.8. The molecule has 8 nitrogen and oxygen atoms in total. The van der Waals surface area contributed by atoms with Crippen LogP contribution in [0.15, 0.2) is 20.3 Å². The first-order valence-electron chi connectivity index (χ1n) is 8.96. The van der Waals surface area contributed by atoms with E-state index in [1.807, 2.05) is 13.8 Å². The van der Waals surface area contributed by atoms with Crippen molar-refractivity contribution in [2.24, 2.45) is 9.50 Å². The number of carbonyl (C=O) groups is 1. The van der Waals surface area contributed by atoms with Gasteiger partial charge in [-0.15, -0.1) is 15.7 Å². The van der Waals surface area contributed by atoms with Crippen molar-refractivity contribution in [2.75, 3.05) is 5.32 Å². The van der Waals surface area contributed by atoms with Crippen LogP contribution < -0.4 is 10.5 Å². The van der Waals surface area contributed by atoms with Crippen molar-refractivity contribution in [1.82, 2.24) is 9.97 Å². The fourth-order valence-electron chi connectivity index (χ4n) is 2.62. The van der Waals surface area contributed by atoms with Gasteiger partial charge in [0.1, 0.15) is 11.4 Å². The molecule has 1 atom stereocenters. The summed E-state index contributed by atoms with van der Waals surface area (Å²) in [5, 5.41) is 19.8. The topological polar surface area (TPSA) is 131 Å². The van der Waals surface area contributed by atoms with E-state index in [1.165, 1.54) is 19.2 Å². The van der Waals surface area contributed by atoms with E-state index < -0.39 is 27.4 Å². The smallest absolute Gasteiger partial charge is 0.355 e. The monoisotopic (exact) mass is 443 g/mol. The molecule has 0 aliphatic heterocycles. The highest BCUT2D eigenvalue weighted by Crippen LogP contribution is 2.33. The Morgan fingerprint density at radius 1 is 1.34 bits per heavy atom. The zero-order chi connectivity index (χ0) is 22.1. The number of urea groups is 1. The van der Waals surface area contributed by atoms with Crippen LogP contribution >= 0.6 is 11.3 Å². The number of hydrogen-bond acceptors (Lipinski definition) is 6. The van der Waals surface area contributed by atoms with E-state index in [9.17, 15) is 18.5 Å². The van der Waals surface area contributed by atoms with Crippen molar-refractivity contribution in [3.63, 3.8) is 0 Å². The molecule has 2 heterocycles. The van der Waals surface area contributed by atoms with Crippen molar-refractivity contribution in [1.29, 1.82) is 0 Å². The van der Waals surface area contributed by atoms with E-state index in [4.69, 9.17) is 5.14 Å². The molecule has 2 rings (SSSR count). The van der Waals surface area contributed by atoms with E-state index in [0.29, 0.717) is 5.69 Å². The Labute approximate surface area is 174 Å². The summed E-state index contributed by atoms with van der Waals surface area (Å²) in [6.45, 7) is 10.3. The molecule has 2 amide bonds. The van der Waals surface area contributed by atoms with Gasteiger partial charge in [-0.25, -0.2) is 23.5 Å². The van der Waals surface area contributed by atoms with Gasteiger partial charge < -0.3 is 10.4 Å². The predicted molar refractivity (Wildman–Crippen MR) is 112 cm³/mol. The molecule has 1 unspecified atom stereocenters. The summed E-state index contributed by atoms with van der Waals surface area (Å²) in [6.07, 6.45) is 1.12. The summed E-state index contributed by atoms with van der Waals surface area (Å²) < 4.78 is 30.6. The predicted octanol–water partition coefficient (Wildman–Crippen LogP) is 4.08. The summed E-state index contributed by atoms with van der Waals surface area (Å²) in [7, 11) is -3.65. The lowest BCUT2D eigenvalue weighted by molar-refractivity contribution is 0.0741. The highest BCUT2D eigenvalue weighted by atomic mass is 32.2. The van der Waals surface area contributed by atoms with Gasteiger partial charge in [0.15, 0.2) is 9.92 Å². The second-order valence-electron chi connectivity index (χ2n) is 7.74. The maximum Gasteiger partial charge on any atom is 0.355 e. The molecule has 0 saturated heterocycles. The van der Waals surface area contributed by atoms with Crippen molar-refractivity contribution in [3.05, 3.63) is 34.3 Å². The summed E-state index contributed by atoms with van der Waals surface area (Å²) in [6, 6.07) is -0.992. The Kier molecular flexibility index (Phi) is 6.78. The first-order chi connectivity index (χ1) is 13.2. The molecule has 0 spiro atoms. The van der Waals surface area contributed by atoms with Crippen molar-refractivity contribution < 1.29 is 18.5 Å². The summed E-state index contributed by atoms with van der Waals surface area (Å²) in [5.41, 5.74) is -0.00639. The Morgan fingerprint density at radius 2 is 1.97 bits per heavy atom. The van der Waals surface area contributed by atoms with E-state index >= 15 is 0 Å². The molecule has 0 fully saturated rings. The number of carbonyl (C=O) groups excluding carboxylic acids is 1. The average molecular weight is 444 g/mol. The van der Waals surface area contributed by atoms with Crippen LogP contribution in [0.4, 0.5) is 14.9 Å². The Bertz CT molecular complexity index is 1030. The standard InChI is InChI=1S/C18H26FN5O3S2/c1-9(2)13-11(19)7-21-14(10(3)4)15(13)23-16(25)24-29(20,27)17-22-12(8-28-17)18(5,6)26/h7-10,26H,1-6H3,(H3,20,23,24,25,27). The Hall–Kier alpha value is -1.95. The number of pyridine rings is 1. The first kappa shape index (κ1) is 23.3. The Morgan fingerprint density at radius 3 is 2.45 bits per heavy atom. The Balaban J connectivity index is 2.46. The van der Waals surface area contributed by atoms with Gasteiger partial charge in [-0.3, -0.25) is 4.98 Å². The lowest BCUT2D eigenvalue weighted by Crippen LogP contribution is -2.21. The van der Waals surface area contributed by atoms with Gasteiger partial charge in [0.25, 0.3) is 0 Å². The van der Waals surface area contributed by atoms with Crippen molar-refractivity contribution in [3.8, 4) is 0 Å². The number of aromatic nitrogens is 2. The van der Waals surface area contributed by atoms with Crippen LogP contribution in [0.25, 0.3) is 0 Å². The van der Waals surface area contributed by atoms with Crippen LogP contribution in [0, 0.1) is 5.82 Å². The summed E-state index contributed by atoms with van der Waals surface area (Å²) >= 11 is 0.933. The molecule has 0 saturated carbocycles. The number of amides is 2. The number of nitrogens with one attached hydrogen (secondary N) is 1. The lowest BCUT2D eigenvalue weighted by Gasteiger charge is -2.19. The third kappa shape index (κ3) is 5.35. The number of rotatable bonds is 5. The second kappa shape index (κ2) is 8.42. The molecule has 2 aromatic heterocycles. The molecule has 2 aromatic rings. The summed E-state index contributed by atoms with van der Waals surface area (Å²) in [4.78, 5) is 20.6. The maximum absolute atomic E-state index is 14.4. The molecular weight excluding hydrogens is 417 g/mol. The fraction of sp³-hybridized carbons (Fsp3) is 0.500. The van der Waals surface area contributed by atoms with Gasteiger partial charge >= 0.3 is 6.03 Å². The SMILES string of the molecule is CC(C)c1ncc(F)c(C(C)C)c1NC(=O)N=S(N)(=O)c1nc(C(C)(C)O)cs1. The number of halogens is 1. The van der Waals surface area contributed by atoms with Gasteiger partial charge in [0, 0.05) is 10.9 Å². The fourth-order valence-corrected chi connectivity index (χ4v) is 4.73. The van der Waals surface area contributed by atoms with Crippen LogP contribution in [0.2, 0.25) is 0 Å². The molecule has 29 heavy (non-hydrogen) atoms. The van der Waals surface area contributed by atoms with Crippen LogP contribution in [-0.4, -0.2) is 25.3 Å². The van der Waals surface area contributed by atoms with Crippen LogP contribution in [0.5, 0.6) is 0 Å². The van der Waals surface area contributed by atoms with Gasteiger partial charge in [0.05, 0.1) is 23.3 Å². The first-order valence-corrected chi connectivity index (χ1v) is 11.4. The minimum absolute atomic E-state index is 0.0877. The maximum atomic E-state index is 14.4. The normalized spacial score (nSPS) is 14.2. The highest BCUT2D eigenvalue weighted by Gasteiger charge is 2.25. The molecule has 11 heteroatoms. The second-order valence-corrected chi connectivity index (χ2v) is 10.6.